The number of nitrogens with zero attached hydrogens (tertiary/aromatic N) is 3. The number of rotatable bonds is 4. The van der Waals surface area contributed by atoms with Crippen molar-refractivity contribution in [2.24, 2.45) is 5.92 Å². The van der Waals surface area contributed by atoms with Gasteiger partial charge in [0.2, 0.25) is 5.91 Å². The van der Waals surface area contributed by atoms with Crippen molar-refractivity contribution in [3.8, 4) is 0 Å². The van der Waals surface area contributed by atoms with Gasteiger partial charge in [0.1, 0.15) is 6.61 Å². The van der Waals surface area contributed by atoms with E-state index in [1.54, 1.807) is 13.3 Å². The van der Waals surface area contributed by atoms with Gasteiger partial charge in [-0.15, -0.1) is 0 Å². The van der Waals surface area contributed by atoms with Crippen molar-refractivity contribution in [2.45, 2.75) is 19.4 Å². The van der Waals surface area contributed by atoms with Crippen molar-refractivity contribution in [3.05, 3.63) is 18.7 Å². The lowest BCUT2D eigenvalue weighted by atomic mass is 9.97. The lowest BCUT2D eigenvalue weighted by Gasteiger charge is -2.32. The summed E-state index contributed by atoms with van der Waals surface area (Å²) in [7, 11) is 1.56. The molecule has 0 bridgehead atoms. The Bertz CT molecular complexity index is 343. The van der Waals surface area contributed by atoms with Gasteiger partial charge in [-0.3, -0.25) is 4.79 Å². The molecular weight excluding hydrogens is 218 g/mol. The first-order chi connectivity index (χ1) is 8.29. The zero-order chi connectivity index (χ0) is 12.1. The van der Waals surface area contributed by atoms with Crippen LogP contribution in [-0.2, 0) is 16.1 Å². The first-order valence-electron chi connectivity index (χ1n) is 6.02. The summed E-state index contributed by atoms with van der Waals surface area (Å²) in [5, 5.41) is 0. The molecular formula is C12H19N3O2. The second-order valence-corrected chi connectivity index (χ2v) is 4.52. The molecule has 0 unspecified atom stereocenters. The molecule has 0 aliphatic carbocycles. The van der Waals surface area contributed by atoms with Crippen LogP contribution < -0.4 is 0 Å². The van der Waals surface area contributed by atoms with Crippen molar-refractivity contribution >= 4 is 5.91 Å². The number of imidazole rings is 1. The van der Waals surface area contributed by atoms with Gasteiger partial charge in [0, 0.05) is 39.1 Å². The minimum absolute atomic E-state index is 0.105. The molecule has 5 nitrogen and oxygen atoms in total. The largest absolute Gasteiger partial charge is 0.375 e. The number of piperidine rings is 1. The molecule has 1 fully saturated rings. The second kappa shape index (κ2) is 5.82. The van der Waals surface area contributed by atoms with Crippen LogP contribution in [0.3, 0.4) is 0 Å². The fourth-order valence-electron chi connectivity index (χ4n) is 2.27. The number of ether oxygens (including phenoxy) is 1. The van der Waals surface area contributed by atoms with E-state index in [1.807, 2.05) is 17.4 Å². The van der Waals surface area contributed by atoms with Crippen molar-refractivity contribution in [1.82, 2.24) is 14.5 Å². The van der Waals surface area contributed by atoms with E-state index in [-0.39, 0.29) is 12.5 Å². The number of aromatic nitrogens is 2. The number of carbonyl (C=O) groups excluding carboxylic acids is 1. The molecule has 1 aromatic rings. The van der Waals surface area contributed by atoms with Gasteiger partial charge in [-0.1, -0.05) is 0 Å². The summed E-state index contributed by atoms with van der Waals surface area (Å²) in [5.41, 5.74) is 0. The number of hydrogen-bond acceptors (Lipinski definition) is 3. The van der Waals surface area contributed by atoms with E-state index in [1.165, 1.54) is 0 Å². The molecule has 1 aromatic heterocycles. The van der Waals surface area contributed by atoms with Gasteiger partial charge in [-0.25, -0.2) is 4.98 Å². The Morgan fingerprint density at radius 1 is 1.47 bits per heavy atom. The van der Waals surface area contributed by atoms with Crippen molar-refractivity contribution < 1.29 is 9.53 Å². The summed E-state index contributed by atoms with van der Waals surface area (Å²) >= 11 is 0. The van der Waals surface area contributed by atoms with Crippen molar-refractivity contribution in [2.75, 3.05) is 26.8 Å². The summed E-state index contributed by atoms with van der Waals surface area (Å²) in [6.07, 6.45) is 7.77. The highest BCUT2D eigenvalue weighted by Crippen LogP contribution is 2.19. The van der Waals surface area contributed by atoms with Crippen molar-refractivity contribution in [3.63, 3.8) is 0 Å². The SMILES string of the molecule is COCC(=O)N1CCC(Cn2ccnc2)CC1. The third-order valence-electron chi connectivity index (χ3n) is 3.26. The van der Waals surface area contributed by atoms with Crippen LogP contribution in [-0.4, -0.2) is 47.2 Å². The number of carbonyl (C=O) groups is 1. The first kappa shape index (κ1) is 12.1. The smallest absolute Gasteiger partial charge is 0.248 e. The Kier molecular flexibility index (Phi) is 4.14. The average molecular weight is 237 g/mol. The van der Waals surface area contributed by atoms with Crippen LogP contribution in [0.4, 0.5) is 0 Å². The van der Waals surface area contributed by atoms with Gasteiger partial charge < -0.3 is 14.2 Å². The Hall–Kier alpha value is -1.36. The highest BCUT2D eigenvalue weighted by Gasteiger charge is 2.22. The number of methoxy groups -OCH3 is 1. The number of hydrogen-bond donors (Lipinski definition) is 0. The Labute approximate surface area is 101 Å². The van der Waals surface area contributed by atoms with Gasteiger partial charge in [0.05, 0.1) is 6.33 Å². The second-order valence-electron chi connectivity index (χ2n) is 4.52. The molecule has 0 saturated carbocycles. The lowest BCUT2D eigenvalue weighted by Crippen LogP contribution is -2.40. The van der Waals surface area contributed by atoms with Gasteiger partial charge in [-0.2, -0.15) is 0 Å². The normalized spacial score (nSPS) is 17.4. The molecule has 0 spiro atoms. The summed E-state index contributed by atoms with van der Waals surface area (Å²) in [6, 6.07) is 0. The third-order valence-corrected chi connectivity index (χ3v) is 3.26. The van der Waals surface area contributed by atoms with Gasteiger partial charge in [-0.05, 0) is 18.8 Å². The van der Waals surface area contributed by atoms with Crippen molar-refractivity contribution in [1.29, 1.82) is 0 Å². The van der Waals surface area contributed by atoms with Crippen LogP contribution in [0.2, 0.25) is 0 Å². The van der Waals surface area contributed by atoms with E-state index < -0.39 is 0 Å². The zero-order valence-electron chi connectivity index (χ0n) is 10.2. The van der Waals surface area contributed by atoms with E-state index in [2.05, 4.69) is 9.55 Å². The third kappa shape index (κ3) is 3.30. The summed E-state index contributed by atoms with van der Waals surface area (Å²) in [6.45, 7) is 2.90. The Morgan fingerprint density at radius 2 is 2.24 bits per heavy atom. The van der Waals surface area contributed by atoms with Crippen LogP contribution in [0.15, 0.2) is 18.7 Å². The molecule has 1 aliphatic rings. The van der Waals surface area contributed by atoms with Crippen LogP contribution in [0.1, 0.15) is 12.8 Å². The molecule has 1 aliphatic heterocycles. The van der Waals surface area contributed by atoms with E-state index in [4.69, 9.17) is 4.74 Å². The van der Waals surface area contributed by atoms with Gasteiger partial charge in [0.15, 0.2) is 0 Å². The van der Waals surface area contributed by atoms with Crippen LogP contribution in [0, 0.1) is 5.92 Å². The molecule has 0 aromatic carbocycles. The lowest BCUT2D eigenvalue weighted by molar-refractivity contribution is -0.136. The molecule has 2 heterocycles. The summed E-state index contributed by atoms with van der Waals surface area (Å²) in [5.74, 6) is 0.754. The number of likely N-dealkylation sites (tertiary alicyclic amines) is 1. The summed E-state index contributed by atoms with van der Waals surface area (Å²) < 4.78 is 6.97. The molecule has 2 rings (SSSR count). The van der Waals surface area contributed by atoms with E-state index >= 15 is 0 Å². The van der Waals surface area contributed by atoms with E-state index in [9.17, 15) is 4.79 Å². The predicted molar refractivity (Wildman–Crippen MR) is 63.4 cm³/mol. The maximum Gasteiger partial charge on any atom is 0.248 e. The highest BCUT2D eigenvalue weighted by atomic mass is 16.5. The van der Waals surface area contributed by atoms with Crippen LogP contribution in [0.5, 0.6) is 0 Å². The summed E-state index contributed by atoms with van der Waals surface area (Å²) in [4.78, 5) is 17.5. The van der Waals surface area contributed by atoms with Crippen LogP contribution >= 0.6 is 0 Å². The highest BCUT2D eigenvalue weighted by molar-refractivity contribution is 5.77. The Balaban J connectivity index is 1.76. The minimum atomic E-state index is 0.105. The molecule has 94 valence electrons. The quantitative estimate of drug-likeness (QED) is 0.777. The zero-order valence-corrected chi connectivity index (χ0v) is 10.2. The van der Waals surface area contributed by atoms with Gasteiger partial charge >= 0.3 is 0 Å². The fraction of sp³-hybridized carbons (Fsp3) is 0.667. The maximum atomic E-state index is 11.6. The monoisotopic (exact) mass is 237 g/mol. The molecule has 5 heteroatoms. The standard InChI is InChI=1S/C12H19N3O2/c1-17-9-12(16)15-5-2-11(3-6-15)8-14-7-4-13-10-14/h4,7,10-11H,2-3,5-6,8-9H2,1H3. The number of amides is 1. The van der Waals surface area contributed by atoms with E-state index in [0.717, 1.165) is 32.5 Å². The molecule has 0 radical (unpaired) electrons. The molecule has 1 saturated heterocycles. The fourth-order valence-corrected chi connectivity index (χ4v) is 2.27. The molecule has 0 atom stereocenters. The average Bonchev–Trinajstić information content (AvgIpc) is 2.83. The molecule has 1 amide bonds. The van der Waals surface area contributed by atoms with Crippen LogP contribution in [0.25, 0.3) is 0 Å². The predicted octanol–water partition coefficient (Wildman–Crippen LogP) is 0.768. The first-order valence-corrected chi connectivity index (χ1v) is 6.02. The maximum absolute atomic E-state index is 11.6. The topological polar surface area (TPSA) is 47.4 Å². The molecule has 17 heavy (non-hydrogen) atoms. The Morgan fingerprint density at radius 3 is 2.82 bits per heavy atom. The minimum Gasteiger partial charge on any atom is -0.375 e. The molecule has 0 N–H and O–H groups in total. The van der Waals surface area contributed by atoms with E-state index in [0.29, 0.717) is 5.92 Å². The van der Waals surface area contributed by atoms with Gasteiger partial charge in [0.25, 0.3) is 0 Å².